The molecule has 14 heavy (non-hydrogen) atoms. The zero-order chi connectivity index (χ0) is 10.1. The highest BCUT2D eigenvalue weighted by atomic mass is 32.1. The summed E-state index contributed by atoms with van der Waals surface area (Å²) in [5, 5.41) is 7.14. The maximum Gasteiger partial charge on any atom is 0.225 e. The number of nitrogens with one attached hydrogen (secondary N) is 1. The predicted octanol–water partition coefficient (Wildman–Crippen LogP) is 2.12. The van der Waals surface area contributed by atoms with Crippen molar-refractivity contribution >= 4 is 18.2 Å². The van der Waals surface area contributed by atoms with Crippen LogP contribution in [-0.4, -0.2) is 28.4 Å². The third-order valence-corrected chi connectivity index (χ3v) is 2.79. The van der Waals surface area contributed by atoms with Crippen molar-refractivity contribution in [3.05, 3.63) is 4.77 Å². The van der Waals surface area contributed by atoms with E-state index >= 15 is 0 Å². The Bertz CT molecular complexity index is 363. The normalized spacial score (nSPS) is 15.9. The Kier molecular flexibility index (Phi) is 2.58. The molecule has 0 bridgehead atoms. The minimum absolute atomic E-state index is 0.593. The van der Waals surface area contributed by atoms with Gasteiger partial charge in [0.15, 0.2) is 4.77 Å². The van der Waals surface area contributed by atoms with Gasteiger partial charge in [0.05, 0.1) is 0 Å². The lowest BCUT2D eigenvalue weighted by molar-refractivity contribution is 0.696. The van der Waals surface area contributed by atoms with Crippen LogP contribution < -0.4 is 4.90 Å². The molecule has 2 rings (SSSR count). The van der Waals surface area contributed by atoms with Gasteiger partial charge in [-0.1, -0.05) is 6.92 Å². The van der Waals surface area contributed by atoms with Gasteiger partial charge in [-0.15, -0.1) is 5.10 Å². The van der Waals surface area contributed by atoms with Gasteiger partial charge in [0.2, 0.25) is 5.95 Å². The van der Waals surface area contributed by atoms with Crippen molar-refractivity contribution in [2.45, 2.75) is 32.2 Å². The molecule has 1 saturated carbocycles. The first-order chi connectivity index (χ1) is 6.74. The fraction of sp³-hybridized carbons (Fsp3) is 0.778. The number of H-pyrrole nitrogens is 1. The van der Waals surface area contributed by atoms with Gasteiger partial charge in [0.25, 0.3) is 0 Å². The van der Waals surface area contributed by atoms with E-state index in [1.54, 1.807) is 0 Å². The van der Waals surface area contributed by atoms with Crippen LogP contribution in [0.5, 0.6) is 0 Å². The van der Waals surface area contributed by atoms with E-state index in [4.69, 9.17) is 12.2 Å². The molecule has 1 heterocycles. The van der Waals surface area contributed by atoms with Crippen molar-refractivity contribution in [1.82, 2.24) is 14.8 Å². The Hall–Kier alpha value is -0.840. The quantitative estimate of drug-likeness (QED) is 0.777. The Morgan fingerprint density at radius 2 is 2.36 bits per heavy atom. The summed E-state index contributed by atoms with van der Waals surface area (Å²) < 4.78 is 2.90. The van der Waals surface area contributed by atoms with E-state index in [1.165, 1.54) is 12.8 Å². The van der Waals surface area contributed by atoms with Crippen molar-refractivity contribution in [3.63, 3.8) is 0 Å². The Morgan fingerprint density at radius 1 is 1.64 bits per heavy atom. The van der Waals surface area contributed by atoms with E-state index in [9.17, 15) is 0 Å². The van der Waals surface area contributed by atoms with Gasteiger partial charge in [-0.2, -0.15) is 0 Å². The number of aromatic nitrogens is 3. The van der Waals surface area contributed by atoms with Crippen LogP contribution in [-0.2, 0) is 0 Å². The third kappa shape index (κ3) is 1.68. The lowest BCUT2D eigenvalue weighted by Crippen LogP contribution is -2.21. The fourth-order valence-corrected chi connectivity index (χ4v) is 1.94. The average Bonchev–Trinajstić information content (AvgIpc) is 2.90. The summed E-state index contributed by atoms with van der Waals surface area (Å²) in [5.74, 6) is 0.986. The molecule has 1 aromatic rings. The standard InChI is InChI=1S/C9H16N4S/c1-3-6-12(2)8-10-11-9(14)13(8)7-4-5-7/h7H,3-6H2,1-2H3,(H,11,14). The first kappa shape index (κ1) is 9.71. The summed E-state index contributed by atoms with van der Waals surface area (Å²) in [5.41, 5.74) is 0. The maximum absolute atomic E-state index is 5.21. The smallest absolute Gasteiger partial charge is 0.225 e. The summed E-state index contributed by atoms with van der Waals surface area (Å²) in [6.45, 7) is 3.19. The fourth-order valence-electron chi connectivity index (χ4n) is 1.66. The highest BCUT2D eigenvalue weighted by Crippen LogP contribution is 2.37. The van der Waals surface area contributed by atoms with Crippen LogP contribution in [0.1, 0.15) is 32.2 Å². The van der Waals surface area contributed by atoms with Crippen LogP contribution in [0, 0.1) is 4.77 Å². The number of anilines is 1. The highest BCUT2D eigenvalue weighted by molar-refractivity contribution is 7.71. The van der Waals surface area contributed by atoms with Gasteiger partial charge >= 0.3 is 0 Å². The van der Waals surface area contributed by atoms with Crippen molar-refractivity contribution in [2.24, 2.45) is 0 Å². The summed E-state index contributed by atoms with van der Waals surface area (Å²) >= 11 is 5.21. The molecule has 1 aliphatic carbocycles. The van der Waals surface area contributed by atoms with Crippen LogP contribution >= 0.6 is 12.2 Å². The van der Waals surface area contributed by atoms with Gasteiger partial charge in [-0.3, -0.25) is 4.57 Å². The second kappa shape index (κ2) is 3.73. The molecule has 4 nitrogen and oxygen atoms in total. The molecule has 0 radical (unpaired) electrons. The zero-order valence-corrected chi connectivity index (χ0v) is 9.47. The molecular weight excluding hydrogens is 196 g/mol. The van der Waals surface area contributed by atoms with E-state index in [1.807, 2.05) is 0 Å². The molecule has 0 spiro atoms. The first-order valence-corrected chi connectivity index (χ1v) is 5.53. The number of aromatic amines is 1. The van der Waals surface area contributed by atoms with Gasteiger partial charge in [0.1, 0.15) is 0 Å². The van der Waals surface area contributed by atoms with E-state index in [0.717, 1.165) is 23.7 Å². The molecule has 1 aromatic heterocycles. The minimum atomic E-state index is 0.593. The van der Waals surface area contributed by atoms with Crippen molar-refractivity contribution in [2.75, 3.05) is 18.5 Å². The summed E-state index contributed by atoms with van der Waals surface area (Å²) in [6, 6.07) is 0.593. The molecular formula is C9H16N4S. The van der Waals surface area contributed by atoms with Crippen LogP contribution in [0.4, 0.5) is 5.95 Å². The van der Waals surface area contributed by atoms with Gasteiger partial charge < -0.3 is 4.90 Å². The largest absolute Gasteiger partial charge is 0.344 e. The number of nitrogens with zero attached hydrogens (tertiary/aromatic N) is 3. The van der Waals surface area contributed by atoms with Gasteiger partial charge in [0, 0.05) is 19.6 Å². The van der Waals surface area contributed by atoms with E-state index in [0.29, 0.717) is 6.04 Å². The highest BCUT2D eigenvalue weighted by Gasteiger charge is 2.28. The van der Waals surface area contributed by atoms with Crippen LogP contribution in [0.2, 0.25) is 0 Å². The number of hydrogen-bond donors (Lipinski definition) is 1. The Labute approximate surface area is 88.9 Å². The Balaban J connectivity index is 2.27. The lowest BCUT2D eigenvalue weighted by atomic mass is 10.4. The first-order valence-electron chi connectivity index (χ1n) is 5.12. The molecule has 1 aliphatic rings. The molecule has 0 amide bonds. The molecule has 0 saturated heterocycles. The zero-order valence-electron chi connectivity index (χ0n) is 8.66. The van der Waals surface area contributed by atoms with Crippen molar-refractivity contribution in [3.8, 4) is 0 Å². The Morgan fingerprint density at radius 3 is 2.93 bits per heavy atom. The molecule has 0 aromatic carbocycles. The second-order valence-corrected chi connectivity index (χ2v) is 4.24. The van der Waals surface area contributed by atoms with Crippen LogP contribution in [0.15, 0.2) is 0 Å². The minimum Gasteiger partial charge on any atom is -0.344 e. The molecule has 0 unspecified atom stereocenters. The number of hydrogen-bond acceptors (Lipinski definition) is 3. The third-order valence-electron chi connectivity index (χ3n) is 2.50. The van der Waals surface area contributed by atoms with Crippen molar-refractivity contribution in [1.29, 1.82) is 0 Å². The lowest BCUT2D eigenvalue weighted by Gasteiger charge is -2.17. The molecule has 0 atom stereocenters. The molecule has 78 valence electrons. The predicted molar refractivity (Wildman–Crippen MR) is 59.2 cm³/mol. The molecule has 1 N–H and O–H groups in total. The summed E-state index contributed by atoms with van der Waals surface area (Å²) in [6.07, 6.45) is 3.60. The SMILES string of the molecule is CCCN(C)c1n[nH]c(=S)n1C1CC1. The monoisotopic (exact) mass is 212 g/mol. The summed E-state index contributed by atoms with van der Waals surface area (Å²) in [7, 11) is 2.06. The molecule has 5 heteroatoms. The van der Waals surface area contributed by atoms with Gasteiger partial charge in [-0.05, 0) is 31.5 Å². The van der Waals surface area contributed by atoms with E-state index in [2.05, 4.69) is 33.6 Å². The molecule has 0 aliphatic heterocycles. The second-order valence-electron chi connectivity index (χ2n) is 3.85. The van der Waals surface area contributed by atoms with Crippen LogP contribution in [0.3, 0.4) is 0 Å². The average molecular weight is 212 g/mol. The van der Waals surface area contributed by atoms with Gasteiger partial charge in [-0.25, -0.2) is 5.10 Å². The van der Waals surface area contributed by atoms with E-state index < -0.39 is 0 Å². The van der Waals surface area contributed by atoms with Crippen molar-refractivity contribution < 1.29 is 0 Å². The van der Waals surface area contributed by atoms with E-state index in [-0.39, 0.29) is 0 Å². The molecule has 1 fully saturated rings. The number of rotatable bonds is 4. The summed E-state index contributed by atoms with van der Waals surface area (Å²) in [4.78, 5) is 2.16. The van der Waals surface area contributed by atoms with Crippen LogP contribution in [0.25, 0.3) is 0 Å². The topological polar surface area (TPSA) is 36.9 Å². The maximum atomic E-state index is 5.21.